The minimum absolute atomic E-state index is 0.108. The third-order valence-corrected chi connectivity index (χ3v) is 5.69. The number of hydrogen-bond donors (Lipinski definition) is 1. The van der Waals surface area contributed by atoms with Crippen LogP contribution < -0.4 is 0 Å². The number of sulfone groups is 1. The van der Waals surface area contributed by atoms with Crippen molar-refractivity contribution < 1.29 is 18.3 Å². The van der Waals surface area contributed by atoms with Gasteiger partial charge in [-0.05, 0) is 42.4 Å². The summed E-state index contributed by atoms with van der Waals surface area (Å²) in [5, 5.41) is 7.85. The third-order valence-electron chi connectivity index (χ3n) is 3.50. The molecule has 2 rings (SSSR count). The summed E-state index contributed by atoms with van der Waals surface area (Å²) < 4.78 is 24.7. The van der Waals surface area contributed by atoms with Gasteiger partial charge in [-0.3, -0.25) is 4.79 Å². The lowest BCUT2D eigenvalue weighted by molar-refractivity contribution is -0.136. The van der Waals surface area contributed by atoms with Crippen molar-refractivity contribution in [2.75, 3.05) is 0 Å². The molecule has 0 aliphatic heterocycles. The molecule has 0 bridgehead atoms. The predicted molar refractivity (Wildman–Crippen MR) is 71.9 cm³/mol. The van der Waals surface area contributed by atoms with E-state index >= 15 is 0 Å². The van der Waals surface area contributed by atoms with Gasteiger partial charge in [0.05, 0.1) is 4.90 Å². The molecule has 1 aliphatic rings. The van der Waals surface area contributed by atoms with Crippen molar-refractivity contribution in [1.82, 2.24) is 0 Å². The molecule has 1 fully saturated rings. The highest BCUT2D eigenvalue weighted by Crippen LogP contribution is 2.38. The maximum atomic E-state index is 12.4. The van der Waals surface area contributed by atoms with Crippen LogP contribution in [0.1, 0.15) is 38.2 Å². The number of carboxylic acid groups (broad SMARTS) is 1. The molecule has 1 N–H and O–H groups in total. The van der Waals surface area contributed by atoms with Crippen molar-refractivity contribution in [3.63, 3.8) is 0 Å². The van der Waals surface area contributed by atoms with E-state index in [2.05, 4.69) is 0 Å². The smallest absolute Gasteiger partial charge is 0.322 e. The zero-order chi connectivity index (χ0) is 14.2. The standard InChI is InChI=1S/C14H18O4S/c1-9(2)10-5-7-12(8-6-10)19(17,18)13(14(15)16)11-3-4-11/h5-9,11,13H,3-4H2,1-2H3,(H,15,16). The van der Waals surface area contributed by atoms with E-state index < -0.39 is 21.1 Å². The largest absolute Gasteiger partial charge is 0.480 e. The van der Waals surface area contributed by atoms with Gasteiger partial charge in [-0.1, -0.05) is 26.0 Å². The minimum Gasteiger partial charge on any atom is -0.480 e. The molecular weight excluding hydrogens is 264 g/mol. The highest BCUT2D eigenvalue weighted by Gasteiger charge is 2.45. The first-order chi connectivity index (χ1) is 8.84. The maximum absolute atomic E-state index is 12.4. The molecule has 4 nitrogen and oxygen atoms in total. The molecule has 104 valence electrons. The van der Waals surface area contributed by atoms with Gasteiger partial charge in [0.1, 0.15) is 0 Å². The highest BCUT2D eigenvalue weighted by atomic mass is 32.2. The number of aliphatic carboxylic acids is 1. The fourth-order valence-electron chi connectivity index (χ4n) is 2.18. The van der Waals surface area contributed by atoms with Crippen molar-refractivity contribution in [1.29, 1.82) is 0 Å². The van der Waals surface area contributed by atoms with Crippen molar-refractivity contribution >= 4 is 15.8 Å². The van der Waals surface area contributed by atoms with E-state index in [4.69, 9.17) is 5.11 Å². The Balaban J connectivity index is 2.35. The van der Waals surface area contributed by atoms with Crippen molar-refractivity contribution in [2.45, 2.75) is 42.8 Å². The summed E-state index contributed by atoms with van der Waals surface area (Å²) in [5.74, 6) is -1.15. The lowest BCUT2D eigenvalue weighted by Gasteiger charge is -2.13. The molecule has 0 amide bonds. The van der Waals surface area contributed by atoms with E-state index in [1.54, 1.807) is 12.1 Å². The molecule has 1 aromatic rings. The highest BCUT2D eigenvalue weighted by molar-refractivity contribution is 7.92. The lowest BCUT2D eigenvalue weighted by Crippen LogP contribution is -2.32. The summed E-state index contributed by atoms with van der Waals surface area (Å²) in [6.07, 6.45) is 1.36. The van der Waals surface area contributed by atoms with Gasteiger partial charge in [0, 0.05) is 0 Å². The van der Waals surface area contributed by atoms with Crippen LogP contribution in [0.4, 0.5) is 0 Å². The molecule has 1 saturated carbocycles. The fraction of sp³-hybridized carbons (Fsp3) is 0.500. The first kappa shape index (κ1) is 14.1. The fourth-order valence-corrected chi connectivity index (χ4v) is 4.03. The summed E-state index contributed by atoms with van der Waals surface area (Å²) >= 11 is 0. The number of carboxylic acids is 1. The van der Waals surface area contributed by atoms with Crippen LogP contribution in [0.25, 0.3) is 0 Å². The molecule has 5 heteroatoms. The SMILES string of the molecule is CC(C)c1ccc(S(=O)(=O)C(C(=O)O)C2CC2)cc1. The Kier molecular flexibility index (Phi) is 3.67. The van der Waals surface area contributed by atoms with Crippen LogP contribution in [0, 0.1) is 5.92 Å². The van der Waals surface area contributed by atoms with E-state index in [0.29, 0.717) is 18.8 Å². The molecule has 1 aliphatic carbocycles. The molecule has 1 aromatic carbocycles. The molecule has 1 atom stereocenters. The molecule has 19 heavy (non-hydrogen) atoms. The van der Waals surface area contributed by atoms with E-state index in [0.717, 1.165) is 5.56 Å². The van der Waals surface area contributed by atoms with Gasteiger partial charge in [0.2, 0.25) is 0 Å². The Labute approximate surface area is 113 Å². The van der Waals surface area contributed by atoms with Gasteiger partial charge < -0.3 is 5.11 Å². The second-order valence-corrected chi connectivity index (χ2v) is 7.43. The molecule has 0 spiro atoms. The Hall–Kier alpha value is -1.36. The summed E-state index contributed by atoms with van der Waals surface area (Å²) in [6.45, 7) is 4.04. The van der Waals surface area contributed by atoms with Gasteiger partial charge in [0.15, 0.2) is 15.1 Å². The molecule has 0 saturated heterocycles. The molecule has 1 unspecified atom stereocenters. The number of rotatable bonds is 5. The van der Waals surface area contributed by atoms with Gasteiger partial charge >= 0.3 is 5.97 Å². The van der Waals surface area contributed by atoms with Crippen LogP contribution in [-0.4, -0.2) is 24.7 Å². The molecular formula is C14H18O4S. The van der Waals surface area contributed by atoms with Crippen molar-refractivity contribution in [2.24, 2.45) is 5.92 Å². The monoisotopic (exact) mass is 282 g/mol. The molecule has 0 aromatic heterocycles. The summed E-state index contributed by atoms with van der Waals surface area (Å²) in [6, 6.07) is 6.54. The Bertz CT molecular complexity index is 568. The van der Waals surface area contributed by atoms with Crippen molar-refractivity contribution in [3.05, 3.63) is 29.8 Å². The van der Waals surface area contributed by atoms with Gasteiger partial charge in [0.25, 0.3) is 0 Å². The third kappa shape index (κ3) is 2.81. The summed E-state index contributed by atoms with van der Waals surface area (Å²) in [7, 11) is -3.78. The van der Waals surface area contributed by atoms with E-state index in [-0.39, 0.29) is 10.8 Å². The average molecular weight is 282 g/mol. The van der Waals surface area contributed by atoms with Crippen molar-refractivity contribution in [3.8, 4) is 0 Å². The van der Waals surface area contributed by atoms with E-state index in [9.17, 15) is 13.2 Å². The Morgan fingerprint density at radius 1 is 1.21 bits per heavy atom. The zero-order valence-corrected chi connectivity index (χ0v) is 11.9. The second-order valence-electron chi connectivity index (χ2n) is 5.37. The van der Waals surface area contributed by atoms with E-state index in [1.807, 2.05) is 13.8 Å². The second kappa shape index (κ2) is 4.96. The Morgan fingerprint density at radius 3 is 2.11 bits per heavy atom. The van der Waals surface area contributed by atoms with Crippen LogP contribution in [0.15, 0.2) is 29.2 Å². The van der Waals surface area contributed by atoms with Crippen LogP contribution in [0.2, 0.25) is 0 Å². The predicted octanol–water partition coefficient (Wildman–Crippen LogP) is 2.45. The Morgan fingerprint density at radius 2 is 1.74 bits per heavy atom. The van der Waals surface area contributed by atoms with E-state index in [1.165, 1.54) is 12.1 Å². The molecule has 0 radical (unpaired) electrons. The number of hydrogen-bond acceptors (Lipinski definition) is 3. The topological polar surface area (TPSA) is 71.4 Å². The summed E-state index contributed by atoms with van der Waals surface area (Å²) in [4.78, 5) is 11.3. The minimum atomic E-state index is -3.78. The van der Waals surface area contributed by atoms with Crippen LogP contribution in [-0.2, 0) is 14.6 Å². The maximum Gasteiger partial charge on any atom is 0.322 e. The first-order valence-corrected chi connectivity index (χ1v) is 7.95. The summed E-state index contributed by atoms with van der Waals surface area (Å²) in [5.41, 5.74) is 1.04. The quantitative estimate of drug-likeness (QED) is 0.900. The zero-order valence-electron chi connectivity index (χ0n) is 11.0. The van der Waals surface area contributed by atoms with Crippen LogP contribution in [0.3, 0.4) is 0 Å². The van der Waals surface area contributed by atoms with Gasteiger partial charge in [-0.2, -0.15) is 0 Å². The lowest BCUT2D eigenvalue weighted by atomic mass is 10.0. The van der Waals surface area contributed by atoms with Gasteiger partial charge in [-0.25, -0.2) is 8.42 Å². The normalized spacial score (nSPS) is 17.4. The van der Waals surface area contributed by atoms with Gasteiger partial charge in [-0.15, -0.1) is 0 Å². The molecule has 0 heterocycles. The van der Waals surface area contributed by atoms with Crippen LogP contribution >= 0.6 is 0 Å². The average Bonchev–Trinajstić information content (AvgIpc) is 3.12. The number of carbonyl (C=O) groups is 1. The first-order valence-electron chi connectivity index (χ1n) is 6.40. The number of benzene rings is 1. The van der Waals surface area contributed by atoms with Crippen LogP contribution in [0.5, 0.6) is 0 Å².